The highest BCUT2D eigenvalue weighted by molar-refractivity contribution is 5.89. The van der Waals surface area contributed by atoms with Crippen molar-refractivity contribution < 1.29 is 4.79 Å². The number of piperazine rings is 1. The second-order valence-corrected chi connectivity index (χ2v) is 11.3. The lowest BCUT2D eigenvalue weighted by Gasteiger charge is -2.36. The number of anilines is 4. The standard InChI is InChI=1S/C36H34N6O/c1-25(43)38-30-9-7-27(8-10-30)35-16-17-37-36(40-35)39-31-11-13-32(14-12-31)42-20-18-41(19-21-42)24-26-6-15-34-29(22-26)23-28-4-2-3-5-33(28)34/h2-17,22H,18-21,23-24H2,1H3,(H,38,43)(H,37,39,40). The van der Waals surface area contributed by atoms with Gasteiger partial charge in [0.05, 0.1) is 5.69 Å². The molecule has 1 fully saturated rings. The van der Waals surface area contributed by atoms with E-state index in [0.717, 1.165) is 61.8 Å². The van der Waals surface area contributed by atoms with Gasteiger partial charge in [-0.2, -0.15) is 0 Å². The summed E-state index contributed by atoms with van der Waals surface area (Å²) in [5, 5.41) is 6.12. The van der Waals surface area contributed by atoms with E-state index in [9.17, 15) is 4.79 Å². The first-order valence-electron chi connectivity index (χ1n) is 14.8. The molecule has 7 nitrogen and oxygen atoms in total. The van der Waals surface area contributed by atoms with Crippen molar-refractivity contribution in [2.45, 2.75) is 19.9 Å². The molecule has 1 aliphatic carbocycles. The van der Waals surface area contributed by atoms with Crippen LogP contribution in [-0.4, -0.2) is 47.0 Å². The van der Waals surface area contributed by atoms with E-state index in [1.54, 1.807) is 6.20 Å². The molecule has 1 saturated heterocycles. The highest BCUT2D eigenvalue weighted by Gasteiger charge is 2.20. The summed E-state index contributed by atoms with van der Waals surface area (Å²) in [4.78, 5) is 25.4. The van der Waals surface area contributed by atoms with E-state index in [-0.39, 0.29) is 5.91 Å². The topological polar surface area (TPSA) is 73.4 Å². The molecule has 0 saturated carbocycles. The van der Waals surface area contributed by atoms with Crippen LogP contribution in [0.1, 0.15) is 23.6 Å². The van der Waals surface area contributed by atoms with Crippen LogP contribution in [0.5, 0.6) is 0 Å². The van der Waals surface area contributed by atoms with E-state index in [0.29, 0.717) is 5.95 Å². The van der Waals surface area contributed by atoms with E-state index in [1.807, 2.05) is 30.3 Å². The minimum Gasteiger partial charge on any atom is -0.369 e. The molecule has 0 unspecified atom stereocenters. The first-order chi connectivity index (χ1) is 21.1. The van der Waals surface area contributed by atoms with Crippen LogP contribution in [0.2, 0.25) is 0 Å². The van der Waals surface area contributed by atoms with Crippen molar-refractivity contribution in [1.29, 1.82) is 0 Å². The SMILES string of the molecule is CC(=O)Nc1ccc(-c2ccnc(Nc3ccc(N4CCN(Cc5ccc6c(c5)Cc5ccccc5-6)CC4)cc3)n2)cc1. The zero-order valence-electron chi connectivity index (χ0n) is 24.3. The van der Waals surface area contributed by atoms with Gasteiger partial charge in [-0.1, -0.05) is 54.6 Å². The molecule has 2 heterocycles. The normalized spacial score (nSPS) is 14.2. The maximum Gasteiger partial charge on any atom is 0.227 e. The van der Waals surface area contributed by atoms with Crippen molar-refractivity contribution in [2.24, 2.45) is 0 Å². The van der Waals surface area contributed by atoms with E-state index < -0.39 is 0 Å². The summed E-state index contributed by atoms with van der Waals surface area (Å²) in [6, 6.07) is 33.8. The molecule has 214 valence electrons. The average Bonchev–Trinajstić information content (AvgIpc) is 3.40. The summed E-state index contributed by atoms with van der Waals surface area (Å²) in [7, 11) is 0. The minimum atomic E-state index is -0.0906. The molecule has 5 aromatic rings. The number of rotatable bonds is 7. The number of benzene rings is 4. The molecule has 2 aliphatic rings. The number of hydrogen-bond donors (Lipinski definition) is 2. The number of amides is 1. The maximum atomic E-state index is 11.3. The summed E-state index contributed by atoms with van der Waals surface area (Å²) in [6.07, 6.45) is 2.80. The number of nitrogens with one attached hydrogen (secondary N) is 2. The predicted molar refractivity (Wildman–Crippen MR) is 174 cm³/mol. The van der Waals surface area contributed by atoms with Crippen molar-refractivity contribution >= 4 is 28.9 Å². The van der Waals surface area contributed by atoms with Crippen LogP contribution in [-0.2, 0) is 17.8 Å². The number of aromatic nitrogens is 2. The fraction of sp³-hybridized carbons (Fsp3) is 0.194. The van der Waals surface area contributed by atoms with Crippen molar-refractivity contribution in [3.8, 4) is 22.4 Å². The summed E-state index contributed by atoms with van der Waals surface area (Å²) < 4.78 is 0. The number of hydrogen-bond acceptors (Lipinski definition) is 6. The Morgan fingerprint density at radius 1 is 0.791 bits per heavy atom. The zero-order chi connectivity index (χ0) is 29.2. The Balaban J connectivity index is 0.932. The lowest BCUT2D eigenvalue weighted by Crippen LogP contribution is -2.45. The van der Waals surface area contributed by atoms with Gasteiger partial charge < -0.3 is 15.5 Å². The van der Waals surface area contributed by atoms with E-state index in [1.165, 1.54) is 40.4 Å². The molecule has 4 aromatic carbocycles. The number of carbonyl (C=O) groups excluding carboxylic acids is 1. The molecule has 0 radical (unpaired) electrons. The monoisotopic (exact) mass is 566 g/mol. The van der Waals surface area contributed by atoms with Crippen LogP contribution in [0.15, 0.2) is 103 Å². The number of fused-ring (bicyclic) bond motifs is 3. The minimum absolute atomic E-state index is 0.0906. The van der Waals surface area contributed by atoms with Crippen LogP contribution in [0, 0.1) is 0 Å². The molecular weight excluding hydrogens is 532 g/mol. The molecule has 0 spiro atoms. The molecule has 1 aliphatic heterocycles. The molecular formula is C36H34N6O. The van der Waals surface area contributed by atoms with E-state index in [4.69, 9.17) is 0 Å². The molecule has 7 rings (SSSR count). The van der Waals surface area contributed by atoms with Gasteiger partial charge in [-0.05, 0) is 76.7 Å². The van der Waals surface area contributed by atoms with Gasteiger partial charge in [-0.25, -0.2) is 9.97 Å². The molecule has 7 heteroatoms. The third-order valence-electron chi connectivity index (χ3n) is 8.28. The van der Waals surface area contributed by atoms with Gasteiger partial charge >= 0.3 is 0 Å². The Morgan fingerprint density at radius 3 is 2.33 bits per heavy atom. The molecule has 0 atom stereocenters. The Bertz CT molecular complexity index is 1760. The van der Waals surface area contributed by atoms with E-state index >= 15 is 0 Å². The molecule has 1 amide bonds. The van der Waals surface area contributed by atoms with Gasteiger partial charge in [-0.15, -0.1) is 0 Å². The van der Waals surface area contributed by atoms with Gasteiger partial charge in [0.15, 0.2) is 0 Å². The highest BCUT2D eigenvalue weighted by Crippen LogP contribution is 2.37. The van der Waals surface area contributed by atoms with Crippen LogP contribution < -0.4 is 15.5 Å². The van der Waals surface area contributed by atoms with Gasteiger partial charge in [0, 0.05) is 68.5 Å². The van der Waals surface area contributed by atoms with Gasteiger partial charge in [0.1, 0.15) is 0 Å². The predicted octanol–water partition coefficient (Wildman–Crippen LogP) is 6.74. The van der Waals surface area contributed by atoms with Gasteiger partial charge in [0.25, 0.3) is 0 Å². The fourth-order valence-corrected chi connectivity index (χ4v) is 6.11. The summed E-state index contributed by atoms with van der Waals surface area (Å²) >= 11 is 0. The van der Waals surface area contributed by atoms with Crippen molar-refractivity contribution in [3.05, 3.63) is 120 Å². The highest BCUT2D eigenvalue weighted by atomic mass is 16.1. The van der Waals surface area contributed by atoms with Crippen molar-refractivity contribution in [3.63, 3.8) is 0 Å². The Hall–Kier alpha value is -5.01. The second-order valence-electron chi connectivity index (χ2n) is 11.3. The molecule has 1 aromatic heterocycles. The van der Waals surface area contributed by atoms with Crippen molar-refractivity contribution in [2.75, 3.05) is 41.7 Å². The van der Waals surface area contributed by atoms with Gasteiger partial charge in [-0.3, -0.25) is 9.69 Å². The van der Waals surface area contributed by atoms with Crippen molar-refractivity contribution in [1.82, 2.24) is 14.9 Å². The number of carbonyl (C=O) groups is 1. The summed E-state index contributed by atoms with van der Waals surface area (Å²) in [5.74, 6) is 0.451. The fourth-order valence-electron chi connectivity index (χ4n) is 6.11. The second kappa shape index (κ2) is 11.7. The summed E-state index contributed by atoms with van der Waals surface area (Å²) in [5.41, 5.74) is 11.8. The largest absolute Gasteiger partial charge is 0.369 e. The number of nitrogens with zero attached hydrogens (tertiary/aromatic N) is 4. The average molecular weight is 567 g/mol. The summed E-state index contributed by atoms with van der Waals surface area (Å²) in [6.45, 7) is 6.61. The third kappa shape index (κ3) is 5.98. The maximum absolute atomic E-state index is 11.3. The van der Waals surface area contributed by atoms with E-state index in [2.05, 4.69) is 97.1 Å². The smallest absolute Gasteiger partial charge is 0.227 e. The molecule has 2 N–H and O–H groups in total. The first kappa shape index (κ1) is 26.9. The first-order valence-corrected chi connectivity index (χ1v) is 14.8. The van der Waals surface area contributed by atoms with Crippen LogP contribution in [0.3, 0.4) is 0 Å². The van der Waals surface area contributed by atoms with Crippen LogP contribution in [0.4, 0.5) is 23.0 Å². The van der Waals surface area contributed by atoms with Crippen LogP contribution in [0.25, 0.3) is 22.4 Å². The Morgan fingerprint density at radius 2 is 1.53 bits per heavy atom. The lowest BCUT2D eigenvalue weighted by molar-refractivity contribution is -0.114. The quantitative estimate of drug-likeness (QED) is 0.223. The van der Waals surface area contributed by atoms with Gasteiger partial charge in [0.2, 0.25) is 11.9 Å². The molecule has 0 bridgehead atoms. The Kier molecular flexibility index (Phi) is 7.31. The lowest BCUT2D eigenvalue weighted by atomic mass is 10.0. The third-order valence-corrected chi connectivity index (χ3v) is 8.28. The Labute approximate surface area is 252 Å². The zero-order valence-corrected chi connectivity index (χ0v) is 24.3. The molecule has 43 heavy (non-hydrogen) atoms. The van der Waals surface area contributed by atoms with Crippen LogP contribution >= 0.6 is 0 Å².